The van der Waals surface area contributed by atoms with Gasteiger partial charge in [0.1, 0.15) is 18.2 Å². The molecule has 0 bridgehead atoms. The molecule has 0 amide bonds. The highest BCUT2D eigenvalue weighted by atomic mass is 35.5. The van der Waals surface area contributed by atoms with E-state index in [1.165, 1.54) is 6.07 Å². The topological polar surface area (TPSA) is 35.2 Å². The maximum absolute atomic E-state index is 13.5. The zero-order valence-electron chi connectivity index (χ0n) is 9.91. The molecule has 0 heterocycles. The first-order valence-electron chi connectivity index (χ1n) is 5.50. The minimum absolute atomic E-state index is 0.0543. The standard InChI is InChI=1S/C14H13ClFNO/c1-9-5-6-14(13(17)7-9)18-8-10-11(15)3-2-4-12(10)16/h2-7H,8,17H2,1H3. The Bertz CT molecular complexity index is 551. The van der Waals surface area contributed by atoms with Crippen LogP contribution in [0.3, 0.4) is 0 Å². The number of ether oxygens (including phenoxy) is 1. The fourth-order valence-electron chi connectivity index (χ4n) is 1.62. The van der Waals surface area contributed by atoms with Crippen LogP contribution in [-0.4, -0.2) is 0 Å². The lowest BCUT2D eigenvalue weighted by atomic mass is 10.2. The highest BCUT2D eigenvalue weighted by molar-refractivity contribution is 6.31. The second kappa shape index (κ2) is 5.27. The van der Waals surface area contributed by atoms with Crippen LogP contribution in [0.15, 0.2) is 36.4 Å². The molecule has 0 unspecified atom stereocenters. The number of halogens is 2. The SMILES string of the molecule is Cc1ccc(OCc2c(F)cccc2Cl)c(N)c1. The molecular formula is C14H13ClFNO. The van der Waals surface area contributed by atoms with Crippen LogP contribution in [-0.2, 0) is 6.61 Å². The van der Waals surface area contributed by atoms with Gasteiger partial charge in [-0.1, -0.05) is 23.7 Å². The molecule has 2 N–H and O–H groups in total. The zero-order valence-corrected chi connectivity index (χ0v) is 10.7. The Hall–Kier alpha value is -1.74. The summed E-state index contributed by atoms with van der Waals surface area (Å²) in [5.41, 5.74) is 7.72. The van der Waals surface area contributed by atoms with E-state index in [1.807, 2.05) is 13.0 Å². The maximum Gasteiger partial charge on any atom is 0.142 e. The van der Waals surface area contributed by atoms with E-state index in [-0.39, 0.29) is 12.4 Å². The molecule has 0 fully saturated rings. The van der Waals surface area contributed by atoms with Crippen LogP contribution in [0, 0.1) is 12.7 Å². The minimum Gasteiger partial charge on any atom is -0.487 e. The van der Waals surface area contributed by atoms with Crippen LogP contribution in [0.5, 0.6) is 5.75 Å². The summed E-state index contributed by atoms with van der Waals surface area (Å²) in [6.07, 6.45) is 0. The first kappa shape index (κ1) is 12.7. The van der Waals surface area contributed by atoms with E-state index in [0.29, 0.717) is 22.0 Å². The van der Waals surface area contributed by atoms with Crippen molar-refractivity contribution in [3.05, 3.63) is 58.4 Å². The average molecular weight is 266 g/mol. The molecule has 0 atom stereocenters. The van der Waals surface area contributed by atoms with Gasteiger partial charge in [0.15, 0.2) is 0 Å². The normalized spacial score (nSPS) is 10.4. The van der Waals surface area contributed by atoms with Gasteiger partial charge in [0.2, 0.25) is 0 Å². The molecule has 0 aliphatic rings. The predicted octanol–water partition coefficient (Wildman–Crippen LogP) is 3.95. The quantitative estimate of drug-likeness (QED) is 0.853. The second-order valence-corrected chi connectivity index (χ2v) is 4.44. The Kier molecular flexibility index (Phi) is 3.72. The predicted molar refractivity (Wildman–Crippen MR) is 71.3 cm³/mol. The summed E-state index contributed by atoms with van der Waals surface area (Å²) in [4.78, 5) is 0. The summed E-state index contributed by atoms with van der Waals surface area (Å²) in [6, 6.07) is 9.98. The Morgan fingerprint density at radius 1 is 1.28 bits per heavy atom. The van der Waals surface area contributed by atoms with Crippen molar-refractivity contribution in [2.45, 2.75) is 13.5 Å². The molecule has 2 rings (SSSR count). The third-order valence-corrected chi connectivity index (χ3v) is 2.95. The lowest BCUT2D eigenvalue weighted by Crippen LogP contribution is -2.01. The van der Waals surface area contributed by atoms with Crippen molar-refractivity contribution in [2.75, 3.05) is 5.73 Å². The van der Waals surface area contributed by atoms with Crippen molar-refractivity contribution in [3.63, 3.8) is 0 Å². The lowest BCUT2D eigenvalue weighted by Gasteiger charge is -2.11. The largest absolute Gasteiger partial charge is 0.487 e. The smallest absolute Gasteiger partial charge is 0.142 e. The fraction of sp³-hybridized carbons (Fsp3) is 0.143. The summed E-state index contributed by atoms with van der Waals surface area (Å²) in [7, 11) is 0. The molecule has 0 saturated heterocycles. The molecule has 0 aromatic heterocycles. The van der Waals surface area contributed by atoms with E-state index in [9.17, 15) is 4.39 Å². The molecule has 2 aromatic carbocycles. The first-order valence-corrected chi connectivity index (χ1v) is 5.87. The minimum atomic E-state index is -0.381. The molecule has 2 nitrogen and oxygen atoms in total. The van der Waals surface area contributed by atoms with Gasteiger partial charge in [-0.3, -0.25) is 0 Å². The molecule has 2 aromatic rings. The number of aryl methyl sites for hydroxylation is 1. The Labute approximate surface area is 110 Å². The van der Waals surface area contributed by atoms with Gasteiger partial charge in [0.05, 0.1) is 10.7 Å². The van der Waals surface area contributed by atoms with E-state index in [0.717, 1.165) is 5.56 Å². The average Bonchev–Trinajstić information content (AvgIpc) is 2.31. The molecule has 0 radical (unpaired) electrons. The van der Waals surface area contributed by atoms with Crippen LogP contribution >= 0.6 is 11.6 Å². The van der Waals surface area contributed by atoms with Gasteiger partial charge in [0, 0.05) is 5.56 Å². The molecular weight excluding hydrogens is 253 g/mol. The van der Waals surface area contributed by atoms with E-state index >= 15 is 0 Å². The Balaban J connectivity index is 2.16. The molecule has 0 aliphatic heterocycles. The van der Waals surface area contributed by atoms with Crippen molar-refractivity contribution >= 4 is 17.3 Å². The van der Waals surface area contributed by atoms with Gasteiger partial charge in [-0.25, -0.2) is 4.39 Å². The molecule has 4 heteroatoms. The molecule has 0 spiro atoms. The van der Waals surface area contributed by atoms with Gasteiger partial charge >= 0.3 is 0 Å². The number of hydrogen-bond acceptors (Lipinski definition) is 2. The summed E-state index contributed by atoms with van der Waals surface area (Å²) >= 11 is 5.91. The summed E-state index contributed by atoms with van der Waals surface area (Å²) in [5, 5.41) is 0.348. The fourth-order valence-corrected chi connectivity index (χ4v) is 1.84. The Morgan fingerprint density at radius 2 is 2.06 bits per heavy atom. The van der Waals surface area contributed by atoms with Gasteiger partial charge in [-0.05, 0) is 36.8 Å². The zero-order chi connectivity index (χ0) is 13.1. The van der Waals surface area contributed by atoms with Crippen molar-refractivity contribution in [1.82, 2.24) is 0 Å². The number of rotatable bonds is 3. The third kappa shape index (κ3) is 2.74. The highest BCUT2D eigenvalue weighted by Crippen LogP contribution is 2.25. The number of nitrogens with two attached hydrogens (primary N) is 1. The van der Waals surface area contributed by atoms with Gasteiger partial charge in [-0.2, -0.15) is 0 Å². The van der Waals surface area contributed by atoms with Gasteiger partial charge < -0.3 is 10.5 Å². The first-order chi connectivity index (χ1) is 8.58. The summed E-state index contributed by atoms with van der Waals surface area (Å²) < 4.78 is 19.0. The highest BCUT2D eigenvalue weighted by Gasteiger charge is 2.08. The van der Waals surface area contributed by atoms with Crippen molar-refractivity contribution in [2.24, 2.45) is 0 Å². The summed E-state index contributed by atoms with van der Waals surface area (Å²) in [5.74, 6) is 0.146. The van der Waals surface area contributed by atoms with Crippen LogP contribution in [0.2, 0.25) is 5.02 Å². The summed E-state index contributed by atoms with van der Waals surface area (Å²) in [6.45, 7) is 1.99. The van der Waals surface area contributed by atoms with Crippen LogP contribution in [0.4, 0.5) is 10.1 Å². The number of benzene rings is 2. The number of anilines is 1. The third-order valence-electron chi connectivity index (χ3n) is 2.60. The van der Waals surface area contributed by atoms with Crippen molar-refractivity contribution in [3.8, 4) is 5.75 Å². The van der Waals surface area contributed by atoms with E-state index in [2.05, 4.69) is 0 Å². The van der Waals surface area contributed by atoms with Crippen molar-refractivity contribution in [1.29, 1.82) is 0 Å². The molecule has 94 valence electrons. The van der Waals surface area contributed by atoms with Crippen molar-refractivity contribution < 1.29 is 9.13 Å². The van der Waals surface area contributed by atoms with Gasteiger partial charge in [-0.15, -0.1) is 0 Å². The molecule has 18 heavy (non-hydrogen) atoms. The van der Waals surface area contributed by atoms with Crippen LogP contribution in [0.25, 0.3) is 0 Å². The maximum atomic E-state index is 13.5. The van der Waals surface area contributed by atoms with Crippen LogP contribution < -0.4 is 10.5 Å². The molecule has 0 aliphatic carbocycles. The number of hydrogen-bond donors (Lipinski definition) is 1. The van der Waals surface area contributed by atoms with Gasteiger partial charge in [0.25, 0.3) is 0 Å². The lowest BCUT2D eigenvalue weighted by molar-refractivity contribution is 0.301. The Morgan fingerprint density at radius 3 is 2.72 bits per heavy atom. The van der Waals surface area contributed by atoms with E-state index in [4.69, 9.17) is 22.1 Å². The van der Waals surface area contributed by atoms with Crippen LogP contribution in [0.1, 0.15) is 11.1 Å². The molecule has 0 saturated carbocycles. The number of nitrogen functional groups attached to an aromatic ring is 1. The van der Waals surface area contributed by atoms with E-state index < -0.39 is 0 Å². The monoisotopic (exact) mass is 265 g/mol. The second-order valence-electron chi connectivity index (χ2n) is 4.03. The van der Waals surface area contributed by atoms with E-state index in [1.54, 1.807) is 24.3 Å².